The van der Waals surface area contributed by atoms with Gasteiger partial charge in [0.2, 0.25) is 0 Å². The van der Waals surface area contributed by atoms with E-state index in [1.54, 1.807) is 19.2 Å². The van der Waals surface area contributed by atoms with Gasteiger partial charge in [0.15, 0.2) is 0 Å². The van der Waals surface area contributed by atoms with E-state index in [9.17, 15) is 4.39 Å². The molecule has 0 bridgehead atoms. The van der Waals surface area contributed by atoms with Gasteiger partial charge in [-0.1, -0.05) is 12.1 Å². The van der Waals surface area contributed by atoms with E-state index in [2.05, 4.69) is 26.3 Å². The summed E-state index contributed by atoms with van der Waals surface area (Å²) >= 11 is 3.46. The summed E-state index contributed by atoms with van der Waals surface area (Å²) in [6, 6.07) is 5.52. The van der Waals surface area contributed by atoms with E-state index in [1.807, 2.05) is 16.8 Å². The van der Waals surface area contributed by atoms with Gasteiger partial charge in [0, 0.05) is 6.54 Å². The number of halogens is 2. The molecule has 0 spiro atoms. The van der Waals surface area contributed by atoms with Crippen molar-refractivity contribution in [2.75, 3.05) is 11.9 Å². The number of hydrogen-bond acceptors (Lipinski definition) is 2. The molecule has 0 amide bonds. The van der Waals surface area contributed by atoms with E-state index in [-0.39, 0.29) is 11.9 Å². The third kappa shape index (κ3) is 1.82. The predicted molar refractivity (Wildman–Crippen MR) is 72.3 cm³/mol. The zero-order valence-corrected chi connectivity index (χ0v) is 11.5. The van der Waals surface area contributed by atoms with E-state index in [4.69, 9.17) is 0 Å². The molecule has 18 heavy (non-hydrogen) atoms. The fourth-order valence-electron chi connectivity index (χ4n) is 2.32. The van der Waals surface area contributed by atoms with E-state index >= 15 is 0 Å². The van der Waals surface area contributed by atoms with Gasteiger partial charge in [-0.2, -0.15) is 5.10 Å². The van der Waals surface area contributed by atoms with Crippen LogP contribution in [0.1, 0.15) is 23.6 Å². The van der Waals surface area contributed by atoms with Gasteiger partial charge >= 0.3 is 0 Å². The van der Waals surface area contributed by atoms with Gasteiger partial charge in [-0.3, -0.25) is 0 Å². The molecule has 3 nitrogen and oxygen atoms in total. The van der Waals surface area contributed by atoms with Gasteiger partial charge < -0.3 is 5.32 Å². The molecule has 3 rings (SSSR count). The minimum atomic E-state index is -0.154. The van der Waals surface area contributed by atoms with Crippen LogP contribution in [0.5, 0.6) is 0 Å². The molecule has 1 aromatic heterocycles. The average Bonchev–Trinajstić information content (AvgIpc) is 2.75. The molecule has 1 aliphatic rings. The first-order chi connectivity index (χ1) is 8.66. The molecule has 0 saturated carbocycles. The Bertz CT molecular complexity index is 594. The van der Waals surface area contributed by atoms with Gasteiger partial charge in [-0.05, 0) is 46.5 Å². The van der Waals surface area contributed by atoms with Crippen molar-refractivity contribution in [1.82, 2.24) is 9.78 Å². The molecule has 0 radical (unpaired) electrons. The van der Waals surface area contributed by atoms with Crippen LogP contribution in [0.25, 0.3) is 0 Å². The molecule has 1 unspecified atom stereocenters. The molecule has 0 aliphatic carbocycles. The summed E-state index contributed by atoms with van der Waals surface area (Å²) in [7, 11) is 0. The van der Waals surface area contributed by atoms with E-state index in [0.29, 0.717) is 5.56 Å². The normalized spacial score (nSPS) is 18.3. The number of aryl methyl sites for hydroxylation is 1. The molecule has 0 fully saturated rings. The molecule has 5 heteroatoms. The number of anilines is 1. The van der Waals surface area contributed by atoms with Crippen molar-refractivity contribution < 1.29 is 4.39 Å². The number of benzene rings is 1. The molecule has 1 atom stereocenters. The van der Waals surface area contributed by atoms with Crippen LogP contribution in [-0.2, 0) is 0 Å². The Labute approximate surface area is 113 Å². The van der Waals surface area contributed by atoms with Gasteiger partial charge in [-0.15, -0.1) is 0 Å². The third-order valence-corrected chi connectivity index (χ3v) is 3.92. The first-order valence-electron chi connectivity index (χ1n) is 5.90. The van der Waals surface area contributed by atoms with Crippen LogP contribution in [0.2, 0.25) is 0 Å². The quantitative estimate of drug-likeness (QED) is 0.874. The summed E-state index contributed by atoms with van der Waals surface area (Å²) < 4.78 is 16.5. The SMILES string of the molecule is Cc1ccc(C2CCNc3c(Br)cnn32)cc1F. The van der Waals surface area contributed by atoms with Crippen molar-refractivity contribution in [2.45, 2.75) is 19.4 Å². The second kappa shape index (κ2) is 4.39. The molecule has 1 N–H and O–H groups in total. The Hall–Kier alpha value is -1.36. The smallest absolute Gasteiger partial charge is 0.139 e. The maximum absolute atomic E-state index is 13.7. The summed E-state index contributed by atoms with van der Waals surface area (Å²) in [5, 5.41) is 7.65. The topological polar surface area (TPSA) is 29.9 Å². The lowest BCUT2D eigenvalue weighted by molar-refractivity contribution is 0.478. The predicted octanol–water partition coefficient (Wildman–Crippen LogP) is 3.50. The minimum Gasteiger partial charge on any atom is -0.369 e. The molecular weight excluding hydrogens is 297 g/mol. The van der Waals surface area contributed by atoms with Crippen LogP contribution >= 0.6 is 15.9 Å². The average molecular weight is 310 g/mol. The fourth-order valence-corrected chi connectivity index (χ4v) is 2.73. The highest BCUT2D eigenvalue weighted by Crippen LogP contribution is 2.33. The van der Waals surface area contributed by atoms with Crippen LogP contribution in [0.15, 0.2) is 28.9 Å². The highest BCUT2D eigenvalue weighted by atomic mass is 79.9. The molecular formula is C13H13BrFN3. The highest BCUT2D eigenvalue weighted by molar-refractivity contribution is 9.10. The van der Waals surface area contributed by atoms with Crippen LogP contribution in [0, 0.1) is 12.7 Å². The fraction of sp³-hybridized carbons (Fsp3) is 0.308. The highest BCUT2D eigenvalue weighted by Gasteiger charge is 2.24. The number of aromatic nitrogens is 2. The second-order valence-electron chi connectivity index (χ2n) is 4.53. The zero-order valence-electron chi connectivity index (χ0n) is 9.95. The van der Waals surface area contributed by atoms with E-state index in [0.717, 1.165) is 28.8 Å². The number of nitrogens with one attached hydrogen (secondary N) is 1. The maximum atomic E-state index is 13.7. The first-order valence-corrected chi connectivity index (χ1v) is 6.69. The largest absolute Gasteiger partial charge is 0.369 e. The third-order valence-electron chi connectivity index (χ3n) is 3.34. The van der Waals surface area contributed by atoms with Gasteiger partial charge in [-0.25, -0.2) is 9.07 Å². The number of rotatable bonds is 1. The molecule has 94 valence electrons. The second-order valence-corrected chi connectivity index (χ2v) is 5.38. The molecule has 0 saturated heterocycles. The zero-order chi connectivity index (χ0) is 12.7. The van der Waals surface area contributed by atoms with Crippen molar-refractivity contribution in [3.05, 3.63) is 45.8 Å². The molecule has 2 heterocycles. The Morgan fingerprint density at radius 2 is 2.33 bits per heavy atom. The van der Waals surface area contributed by atoms with Crippen LogP contribution in [0.4, 0.5) is 10.2 Å². The first kappa shape index (κ1) is 11.7. The number of fused-ring (bicyclic) bond motifs is 1. The summed E-state index contributed by atoms with van der Waals surface area (Å²) in [4.78, 5) is 0. The monoisotopic (exact) mass is 309 g/mol. The molecule has 1 aromatic carbocycles. The van der Waals surface area contributed by atoms with Crippen LogP contribution in [0.3, 0.4) is 0 Å². The van der Waals surface area contributed by atoms with E-state index in [1.165, 1.54) is 0 Å². The van der Waals surface area contributed by atoms with E-state index < -0.39 is 0 Å². The van der Waals surface area contributed by atoms with Crippen LogP contribution < -0.4 is 5.32 Å². The Morgan fingerprint density at radius 1 is 1.50 bits per heavy atom. The summed E-state index contributed by atoms with van der Waals surface area (Å²) in [6.07, 6.45) is 2.68. The standard InChI is InChI=1S/C13H13BrFN3/c1-8-2-3-9(6-11(8)15)12-4-5-16-13-10(14)7-17-18(12)13/h2-3,6-7,12,16H,4-5H2,1H3. The lowest BCUT2D eigenvalue weighted by Gasteiger charge is -2.26. The van der Waals surface area contributed by atoms with Gasteiger partial charge in [0.05, 0.1) is 16.7 Å². The number of hydrogen-bond donors (Lipinski definition) is 1. The van der Waals surface area contributed by atoms with Gasteiger partial charge in [0.25, 0.3) is 0 Å². The van der Waals surface area contributed by atoms with Crippen molar-refractivity contribution in [3.8, 4) is 0 Å². The van der Waals surface area contributed by atoms with Crippen molar-refractivity contribution in [1.29, 1.82) is 0 Å². The number of nitrogens with zero attached hydrogens (tertiary/aromatic N) is 2. The Morgan fingerprint density at radius 3 is 3.11 bits per heavy atom. The Kier molecular flexibility index (Phi) is 2.86. The van der Waals surface area contributed by atoms with Gasteiger partial charge in [0.1, 0.15) is 11.6 Å². The maximum Gasteiger partial charge on any atom is 0.139 e. The van der Waals surface area contributed by atoms with Crippen molar-refractivity contribution in [2.24, 2.45) is 0 Å². The van der Waals surface area contributed by atoms with Crippen LogP contribution in [-0.4, -0.2) is 16.3 Å². The summed E-state index contributed by atoms with van der Waals surface area (Å²) in [5.41, 5.74) is 1.64. The summed E-state index contributed by atoms with van der Waals surface area (Å²) in [5.74, 6) is 0.811. The molecule has 2 aromatic rings. The lowest BCUT2D eigenvalue weighted by Crippen LogP contribution is -2.24. The Balaban J connectivity index is 2.05. The molecule has 1 aliphatic heterocycles. The summed E-state index contributed by atoms with van der Waals surface area (Å²) in [6.45, 7) is 2.64. The lowest BCUT2D eigenvalue weighted by atomic mass is 10.0. The minimum absolute atomic E-state index is 0.0997. The van der Waals surface area contributed by atoms with Crippen molar-refractivity contribution in [3.63, 3.8) is 0 Å². The van der Waals surface area contributed by atoms with Crippen molar-refractivity contribution >= 4 is 21.7 Å².